The van der Waals surface area contributed by atoms with Crippen LogP contribution in [-0.4, -0.2) is 44.1 Å². The van der Waals surface area contributed by atoms with Crippen LogP contribution in [0.25, 0.3) is 16.6 Å². The Hall–Kier alpha value is -4.56. The summed E-state index contributed by atoms with van der Waals surface area (Å²) in [4.78, 5) is 29.8. The molecule has 1 saturated heterocycles. The lowest BCUT2D eigenvalue weighted by Gasteiger charge is -2.24. The van der Waals surface area contributed by atoms with Crippen molar-refractivity contribution in [1.82, 2.24) is 24.4 Å². The molecule has 1 unspecified atom stereocenters. The van der Waals surface area contributed by atoms with Gasteiger partial charge in [-0.15, -0.1) is 0 Å². The maximum atomic E-state index is 15.4. The second-order valence-corrected chi connectivity index (χ2v) is 10.8. The summed E-state index contributed by atoms with van der Waals surface area (Å²) < 4.78 is 17.0. The third-order valence-electron chi connectivity index (χ3n) is 7.95. The first-order valence-electron chi connectivity index (χ1n) is 14.1. The Morgan fingerprint density at radius 3 is 2.54 bits per heavy atom. The predicted molar refractivity (Wildman–Crippen MR) is 156 cm³/mol. The van der Waals surface area contributed by atoms with Crippen LogP contribution in [0.5, 0.6) is 0 Å². The Morgan fingerprint density at radius 2 is 1.83 bits per heavy atom. The van der Waals surface area contributed by atoms with Gasteiger partial charge in [0.2, 0.25) is 5.95 Å². The summed E-state index contributed by atoms with van der Waals surface area (Å²) in [6.07, 6.45) is 5.66. The van der Waals surface area contributed by atoms with Gasteiger partial charge in [0.05, 0.1) is 17.1 Å². The van der Waals surface area contributed by atoms with E-state index in [1.807, 2.05) is 36.4 Å². The molecule has 2 aromatic carbocycles. The number of benzene rings is 2. The topological polar surface area (TPSA) is 152 Å². The Balaban J connectivity index is 1.50. The fraction of sp³-hybridized carbons (Fsp3) is 0.367. The normalized spacial score (nSPS) is 16.1. The summed E-state index contributed by atoms with van der Waals surface area (Å²) in [5, 5.41) is 13.3. The molecule has 0 spiro atoms. The Morgan fingerprint density at radius 1 is 1.07 bits per heavy atom. The number of hydrogen-bond acceptors (Lipinski definition) is 9. The number of aryl methyl sites for hydroxylation is 1. The van der Waals surface area contributed by atoms with Gasteiger partial charge in [-0.1, -0.05) is 24.3 Å². The SMILES string of the molecule is N#Cc1c(N)nc(N)nc1NC(c1nc2c(F)ccc(CCCN3CCCC3)c2c(=O)n1-c1ccccc1)C1CC1. The van der Waals surface area contributed by atoms with Crippen molar-refractivity contribution >= 4 is 28.5 Å². The van der Waals surface area contributed by atoms with Crippen molar-refractivity contribution in [3.05, 3.63) is 75.6 Å². The number of nitrogens with zero attached hydrogens (tertiary/aromatic N) is 6. The first-order chi connectivity index (χ1) is 19.9. The number of para-hydroxylation sites is 1. The van der Waals surface area contributed by atoms with E-state index in [2.05, 4.69) is 20.2 Å². The highest BCUT2D eigenvalue weighted by Gasteiger charge is 2.37. The second-order valence-electron chi connectivity index (χ2n) is 10.8. The number of anilines is 3. The van der Waals surface area contributed by atoms with Gasteiger partial charge < -0.3 is 21.7 Å². The van der Waals surface area contributed by atoms with Crippen molar-refractivity contribution < 1.29 is 4.39 Å². The summed E-state index contributed by atoms with van der Waals surface area (Å²) >= 11 is 0. The lowest BCUT2D eigenvalue weighted by atomic mass is 10.0. The zero-order valence-corrected chi connectivity index (χ0v) is 22.7. The number of rotatable bonds is 9. The van der Waals surface area contributed by atoms with Crippen LogP contribution in [-0.2, 0) is 6.42 Å². The van der Waals surface area contributed by atoms with Crippen LogP contribution in [0.15, 0.2) is 47.3 Å². The van der Waals surface area contributed by atoms with Gasteiger partial charge in [-0.2, -0.15) is 15.2 Å². The molecule has 5 N–H and O–H groups in total. The Labute approximate surface area is 236 Å². The summed E-state index contributed by atoms with van der Waals surface area (Å²) in [6.45, 7) is 3.14. The van der Waals surface area contributed by atoms with Crippen LogP contribution in [0.2, 0.25) is 0 Å². The van der Waals surface area contributed by atoms with Crippen molar-refractivity contribution in [1.29, 1.82) is 5.26 Å². The molecule has 0 bridgehead atoms. The van der Waals surface area contributed by atoms with Gasteiger partial charge in [-0.25, -0.2) is 9.37 Å². The van der Waals surface area contributed by atoms with Crippen LogP contribution in [0, 0.1) is 23.1 Å². The molecule has 4 aromatic rings. The number of nitrogen functional groups attached to an aromatic ring is 2. The van der Waals surface area contributed by atoms with E-state index >= 15 is 4.39 Å². The largest absolute Gasteiger partial charge is 0.382 e. The summed E-state index contributed by atoms with van der Waals surface area (Å²) in [6, 6.07) is 13.8. The van der Waals surface area contributed by atoms with Crippen LogP contribution in [0.3, 0.4) is 0 Å². The summed E-state index contributed by atoms with van der Waals surface area (Å²) in [7, 11) is 0. The molecule has 0 radical (unpaired) electrons. The average molecular weight is 554 g/mol. The molecule has 41 heavy (non-hydrogen) atoms. The molecule has 2 fully saturated rings. The number of halogens is 1. The first-order valence-corrected chi connectivity index (χ1v) is 14.1. The van der Waals surface area contributed by atoms with E-state index in [1.54, 1.807) is 10.6 Å². The van der Waals surface area contributed by atoms with Gasteiger partial charge >= 0.3 is 0 Å². The van der Waals surface area contributed by atoms with Crippen LogP contribution in [0.4, 0.5) is 22.0 Å². The lowest BCUT2D eigenvalue weighted by Crippen LogP contribution is -2.30. The number of hydrogen-bond donors (Lipinski definition) is 3. The van der Waals surface area contributed by atoms with E-state index < -0.39 is 11.9 Å². The molecule has 1 saturated carbocycles. The number of fused-ring (bicyclic) bond motifs is 1. The minimum atomic E-state index is -0.564. The third kappa shape index (κ3) is 5.30. The molecule has 3 heterocycles. The van der Waals surface area contributed by atoms with Crippen molar-refractivity contribution in [2.24, 2.45) is 5.92 Å². The molecule has 6 rings (SSSR count). The quantitative estimate of drug-likeness (QED) is 0.280. The number of aromatic nitrogens is 4. The number of nitriles is 1. The van der Waals surface area contributed by atoms with Gasteiger partial charge in [-0.3, -0.25) is 9.36 Å². The van der Waals surface area contributed by atoms with Gasteiger partial charge in [0.25, 0.3) is 5.56 Å². The van der Waals surface area contributed by atoms with Crippen LogP contribution >= 0.6 is 0 Å². The zero-order valence-electron chi connectivity index (χ0n) is 22.7. The summed E-state index contributed by atoms with van der Waals surface area (Å²) in [5.41, 5.74) is 13.0. The number of nitrogens with two attached hydrogens (primary N) is 2. The van der Waals surface area contributed by atoms with E-state index in [0.717, 1.165) is 44.5 Å². The molecule has 210 valence electrons. The minimum absolute atomic E-state index is 0.0468. The maximum Gasteiger partial charge on any atom is 0.266 e. The third-order valence-corrected chi connectivity index (χ3v) is 7.95. The van der Waals surface area contributed by atoms with Gasteiger partial charge in [0.1, 0.15) is 34.6 Å². The van der Waals surface area contributed by atoms with Crippen molar-refractivity contribution in [2.45, 2.75) is 44.6 Å². The minimum Gasteiger partial charge on any atom is -0.382 e. The van der Waals surface area contributed by atoms with E-state index in [-0.39, 0.29) is 40.1 Å². The Bertz CT molecular complexity index is 1690. The standard InChI is InChI=1S/C30H32FN9O/c31-22-13-12-18(7-6-16-39-14-4-5-15-39)23-25(22)36-28(40(29(23)41)20-8-2-1-3-9-20)24(19-10-11-19)35-27-21(17-32)26(33)37-30(34)38-27/h1-3,8-9,12-13,19,24H,4-7,10-11,14-16H2,(H5,33,34,35,37,38). The highest BCUT2D eigenvalue weighted by molar-refractivity contribution is 5.82. The van der Waals surface area contributed by atoms with Crippen molar-refractivity contribution in [3.8, 4) is 11.8 Å². The van der Waals surface area contributed by atoms with E-state index in [1.165, 1.54) is 18.9 Å². The fourth-order valence-electron chi connectivity index (χ4n) is 5.76. The monoisotopic (exact) mass is 553 g/mol. The van der Waals surface area contributed by atoms with Gasteiger partial charge in [-0.05, 0) is 87.8 Å². The predicted octanol–water partition coefficient (Wildman–Crippen LogP) is 3.94. The molecule has 1 atom stereocenters. The first kappa shape index (κ1) is 26.7. The maximum absolute atomic E-state index is 15.4. The van der Waals surface area contributed by atoms with Gasteiger partial charge in [0, 0.05) is 0 Å². The number of nitrogens with one attached hydrogen (secondary N) is 1. The molecule has 11 heteroatoms. The molecule has 0 amide bonds. The zero-order chi connectivity index (χ0) is 28.5. The van der Waals surface area contributed by atoms with Crippen LogP contribution in [0.1, 0.15) is 55.1 Å². The average Bonchev–Trinajstić information content (AvgIpc) is 3.67. The smallest absolute Gasteiger partial charge is 0.266 e. The molecular formula is C30H32FN9O. The van der Waals surface area contributed by atoms with E-state index in [9.17, 15) is 10.1 Å². The summed E-state index contributed by atoms with van der Waals surface area (Å²) in [5.74, 6) is -0.123. The number of likely N-dealkylation sites (tertiary alicyclic amines) is 1. The molecule has 2 aromatic heterocycles. The van der Waals surface area contributed by atoms with Gasteiger partial charge in [0.15, 0.2) is 5.82 Å². The molecule has 2 aliphatic rings. The van der Waals surface area contributed by atoms with Crippen molar-refractivity contribution in [2.75, 3.05) is 36.4 Å². The molecule has 1 aliphatic carbocycles. The highest BCUT2D eigenvalue weighted by Crippen LogP contribution is 2.43. The van der Waals surface area contributed by atoms with Crippen molar-refractivity contribution in [3.63, 3.8) is 0 Å². The fourth-order valence-corrected chi connectivity index (χ4v) is 5.76. The van der Waals surface area contributed by atoms with E-state index in [0.29, 0.717) is 23.3 Å². The second kappa shape index (κ2) is 11.1. The highest BCUT2D eigenvalue weighted by atomic mass is 19.1. The molecular weight excluding hydrogens is 521 g/mol. The lowest BCUT2D eigenvalue weighted by molar-refractivity contribution is 0.334. The molecule has 1 aliphatic heterocycles. The van der Waals surface area contributed by atoms with Crippen LogP contribution < -0.4 is 22.3 Å². The molecule has 10 nitrogen and oxygen atoms in total. The Kier molecular flexibility index (Phi) is 7.24. The van der Waals surface area contributed by atoms with E-state index in [4.69, 9.17) is 16.5 Å².